The Balaban J connectivity index is 2.21. The van der Waals surface area contributed by atoms with Gasteiger partial charge in [-0.3, -0.25) is 4.98 Å². The number of fused-ring (bicyclic) bond motifs is 1. The minimum atomic E-state index is -1.03. The average Bonchev–Trinajstić information content (AvgIpc) is 2.88. The molecule has 3 aromatic rings. The van der Waals surface area contributed by atoms with Gasteiger partial charge in [0.05, 0.1) is 10.6 Å². The van der Waals surface area contributed by atoms with Crippen molar-refractivity contribution in [1.29, 1.82) is 0 Å². The number of hydrogen-bond donors (Lipinski definition) is 2. The van der Waals surface area contributed by atoms with Crippen molar-refractivity contribution in [3.63, 3.8) is 0 Å². The van der Waals surface area contributed by atoms with Crippen LogP contribution in [-0.4, -0.2) is 26.0 Å². The molecule has 0 radical (unpaired) electrons. The van der Waals surface area contributed by atoms with E-state index in [1.807, 2.05) is 6.07 Å². The van der Waals surface area contributed by atoms with Gasteiger partial charge in [0.15, 0.2) is 0 Å². The van der Waals surface area contributed by atoms with Gasteiger partial charge >= 0.3 is 5.97 Å². The van der Waals surface area contributed by atoms with Crippen LogP contribution in [-0.2, 0) is 0 Å². The van der Waals surface area contributed by atoms with Gasteiger partial charge in [0.25, 0.3) is 0 Å². The number of carboxylic acids is 1. The molecule has 0 amide bonds. The predicted octanol–water partition coefficient (Wildman–Crippen LogP) is 2.98. The molecule has 0 aliphatic heterocycles. The Morgan fingerprint density at radius 1 is 1.32 bits per heavy atom. The molecule has 94 valence electrons. The SMILES string of the molecule is O=C(O)c1cncc(-c2cnc3[nH]ccc3c2Cl)c1. The number of hydrogen-bond acceptors (Lipinski definition) is 3. The summed E-state index contributed by atoms with van der Waals surface area (Å²) in [5.41, 5.74) is 2.09. The van der Waals surface area contributed by atoms with E-state index in [2.05, 4.69) is 15.0 Å². The van der Waals surface area contributed by atoms with E-state index in [-0.39, 0.29) is 5.56 Å². The van der Waals surface area contributed by atoms with Crippen LogP contribution in [0.2, 0.25) is 5.02 Å². The Morgan fingerprint density at radius 2 is 2.16 bits per heavy atom. The van der Waals surface area contributed by atoms with E-state index in [9.17, 15) is 4.79 Å². The molecule has 3 aromatic heterocycles. The lowest BCUT2D eigenvalue weighted by Crippen LogP contribution is -1.97. The first-order valence-corrected chi connectivity index (χ1v) is 5.85. The molecule has 0 saturated carbocycles. The van der Waals surface area contributed by atoms with E-state index in [4.69, 9.17) is 16.7 Å². The van der Waals surface area contributed by atoms with Gasteiger partial charge in [-0.1, -0.05) is 11.6 Å². The van der Waals surface area contributed by atoms with Gasteiger partial charge in [0.2, 0.25) is 0 Å². The predicted molar refractivity (Wildman–Crippen MR) is 71.3 cm³/mol. The van der Waals surface area contributed by atoms with Crippen LogP contribution in [0, 0.1) is 0 Å². The van der Waals surface area contributed by atoms with Crippen LogP contribution in [0.1, 0.15) is 10.4 Å². The van der Waals surface area contributed by atoms with E-state index in [1.54, 1.807) is 18.6 Å². The Labute approximate surface area is 112 Å². The number of H-pyrrole nitrogens is 1. The highest BCUT2D eigenvalue weighted by Crippen LogP contribution is 2.32. The van der Waals surface area contributed by atoms with Crippen molar-refractivity contribution in [3.8, 4) is 11.1 Å². The second kappa shape index (κ2) is 4.37. The zero-order valence-electron chi connectivity index (χ0n) is 9.59. The number of nitrogens with one attached hydrogen (secondary N) is 1. The molecule has 0 bridgehead atoms. The molecule has 0 fully saturated rings. The normalized spacial score (nSPS) is 10.8. The highest BCUT2D eigenvalue weighted by atomic mass is 35.5. The summed E-state index contributed by atoms with van der Waals surface area (Å²) >= 11 is 6.31. The number of carbonyl (C=O) groups is 1. The minimum absolute atomic E-state index is 0.114. The van der Waals surface area contributed by atoms with Crippen molar-refractivity contribution in [2.45, 2.75) is 0 Å². The molecule has 2 N–H and O–H groups in total. The van der Waals surface area contributed by atoms with Gasteiger partial charge < -0.3 is 10.1 Å². The summed E-state index contributed by atoms with van der Waals surface area (Å²) < 4.78 is 0. The molecule has 6 heteroatoms. The van der Waals surface area contributed by atoms with E-state index < -0.39 is 5.97 Å². The highest BCUT2D eigenvalue weighted by Gasteiger charge is 2.12. The number of aromatic amines is 1. The molecule has 0 aliphatic carbocycles. The lowest BCUT2D eigenvalue weighted by atomic mass is 10.1. The summed E-state index contributed by atoms with van der Waals surface area (Å²) in [5.74, 6) is -1.03. The number of nitrogens with zero attached hydrogens (tertiary/aromatic N) is 2. The molecular formula is C13H8ClN3O2. The lowest BCUT2D eigenvalue weighted by molar-refractivity contribution is 0.0696. The summed E-state index contributed by atoms with van der Waals surface area (Å²) in [5, 5.41) is 10.3. The molecule has 5 nitrogen and oxygen atoms in total. The van der Waals surface area contributed by atoms with E-state index >= 15 is 0 Å². The van der Waals surface area contributed by atoms with Crippen molar-refractivity contribution in [2.24, 2.45) is 0 Å². The van der Waals surface area contributed by atoms with Crippen LogP contribution in [0.3, 0.4) is 0 Å². The van der Waals surface area contributed by atoms with E-state index in [0.717, 1.165) is 5.39 Å². The summed E-state index contributed by atoms with van der Waals surface area (Å²) in [6, 6.07) is 3.35. The van der Waals surface area contributed by atoms with Crippen molar-refractivity contribution < 1.29 is 9.90 Å². The highest BCUT2D eigenvalue weighted by molar-refractivity contribution is 6.38. The fourth-order valence-electron chi connectivity index (χ4n) is 1.88. The molecule has 0 aromatic carbocycles. The van der Waals surface area contributed by atoms with Crippen molar-refractivity contribution in [1.82, 2.24) is 15.0 Å². The summed E-state index contributed by atoms with van der Waals surface area (Å²) in [4.78, 5) is 22.1. The zero-order chi connectivity index (χ0) is 13.4. The third-order valence-corrected chi connectivity index (χ3v) is 3.22. The topological polar surface area (TPSA) is 78.9 Å². The number of halogens is 1. The first-order chi connectivity index (χ1) is 9.16. The second-order valence-electron chi connectivity index (χ2n) is 3.99. The van der Waals surface area contributed by atoms with Crippen molar-refractivity contribution in [3.05, 3.63) is 47.5 Å². The molecule has 3 heterocycles. The molecule has 0 unspecified atom stereocenters. The van der Waals surface area contributed by atoms with Gasteiger partial charge in [-0.05, 0) is 12.1 Å². The van der Waals surface area contributed by atoms with Crippen molar-refractivity contribution in [2.75, 3.05) is 0 Å². The van der Waals surface area contributed by atoms with Gasteiger partial charge in [0, 0.05) is 41.3 Å². The number of aromatic carboxylic acids is 1. The number of rotatable bonds is 2. The van der Waals surface area contributed by atoms with Crippen molar-refractivity contribution >= 4 is 28.6 Å². The lowest BCUT2D eigenvalue weighted by Gasteiger charge is -2.05. The molecule has 0 atom stereocenters. The zero-order valence-corrected chi connectivity index (χ0v) is 10.3. The summed E-state index contributed by atoms with van der Waals surface area (Å²) in [6.45, 7) is 0. The number of aromatic nitrogens is 3. The monoisotopic (exact) mass is 273 g/mol. The first kappa shape index (κ1) is 11.7. The van der Waals surface area contributed by atoms with E-state index in [1.165, 1.54) is 12.3 Å². The van der Waals surface area contributed by atoms with Crippen LogP contribution in [0.5, 0.6) is 0 Å². The number of pyridine rings is 2. The molecule has 0 spiro atoms. The van der Waals surface area contributed by atoms with Crippen LogP contribution in [0.25, 0.3) is 22.2 Å². The quantitative estimate of drug-likeness (QED) is 0.752. The fourth-order valence-corrected chi connectivity index (χ4v) is 2.19. The smallest absolute Gasteiger partial charge is 0.337 e. The Hall–Kier alpha value is -2.40. The fraction of sp³-hybridized carbons (Fsp3) is 0. The van der Waals surface area contributed by atoms with Gasteiger partial charge in [-0.15, -0.1) is 0 Å². The van der Waals surface area contributed by atoms with Gasteiger partial charge in [-0.25, -0.2) is 9.78 Å². The third-order valence-electron chi connectivity index (χ3n) is 2.82. The van der Waals surface area contributed by atoms with Gasteiger partial charge in [0.1, 0.15) is 5.65 Å². The summed E-state index contributed by atoms with van der Waals surface area (Å²) in [7, 11) is 0. The average molecular weight is 274 g/mol. The molecule has 0 saturated heterocycles. The Kier molecular flexibility index (Phi) is 2.68. The summed E-state index contributed by atoms with van der Waals surface area (Å²) in [6.07, 6.45) is 6.21. The van der Waals surface area contributed by atoms with E-state index in [0.29, 0.717) is 21.8 Å². The molecular weight excluding hydrogens is 266 g/mol. The molecule has 19 heavy (non-hydrogen) atoms. The van der Waals surface area contributed by atoms with Crippen LogP contribution in [0.15, 0.2) is 36.9 Å². The van der Waals surface area contributed by atoms with Crippen LogP contribution in [0.4, 0.5) is 0 Å². The molecule has 3 rings (SSSR count). The van der Waals surface area contributed by atoms with Crippen LogP contribution >= 0.6 is 11.6 Å². The second-order valence-corrected chi connectivity index (χ2v) is 4.37. The van der Waals surface area contributed by atoms with Crippen LogP contribution < -0.4 is 0 Å². The number of carboxylic acid groups (broad SMARTS) is 1. The largest absolute Gasteiger partial charge is 0.478 e. The maximum absolute atomic E-state index is 10.9. The maximum atomic E-state index is 10.9. The molecule has 0 aliphatic rings. The minimum Gasteiger partial charge on any atom is -0.478 e. The van der Waals surface area contributed by atoms with Gasteiger partial charge in [-0.2, -0.15) is 0 Å². The Bertz CT molecular complexity index is 782. The maximum Gasteiger partial charge on any atom is 0.337 e. The standard InChI is InChI=1S/C13H8ClN3O2/c14-11-9-1-2-16-12(9)17-6-10(11)7-3-8(13(18)19)5-15-4-7/h1-6H,(H,16,17)(H,18,19). The third kappa shape index (κ3) is 1.94. The first-order valence-electron chi connectivity index (χ1n) is 5.47. The Morgan fingerprint density at radius 3 is 2.95 bits per heavy atom.